The molecule has 0 aliphatic heterocycles. The van der Waals surface area contributed by atoms with Crippen LogP contribution in [0, 0.1) is 5.92 Å². The normalized spacial score (nSPS) is 13.1. The average Bonchev–Trinajstić information content (AvgIpc) is 2.68. The van der Waals surface area contributed by atoms with E-state index in [1.807, 2.05) is 0 Å². The second-order valence-electron chi connectivity index (χ2n) is 4.97. The minimum absolute atomic E-state index is 0.546. The Bertz CT molecular complexity index is 504. The summed E-state index contributed by atoms with van der Waals surface area (Å²) in [6.45, 7) is 4.90. The lowest BCUT2D eigenvalue weighted by Crippen LogP contribution is -2.23. The quantitative estimate of drug-likeness (QED) is 0.847. The zero-order valence-corrected chi connectivity index (χ0v) is 11.4. The minimum atomic E-state index is 0.546. The molecule has 3 heteroatoms. The highest BCUT2D eigenvalue weighted by Gasteiger charge is 2.06. The standard InChI is InChI=1S/C15H22N2O/c1-12(11-18-3)8-16-9-13-10-17(2)15-7-5-4-6-14(13)15/h4-7,10,12,16H,8-9,11H2,1-3H3. The summed E-state index contributed by atoms with van der Waals surface area (Å²) < 4.78 is 7.32. The van der Waals surface area contributed by atoms with Gasteiger partial charge in [0.2, 0.25) is 0 Å². The van der Waals surface area contributed by atoms with E-state index in [1.165, 1.54) is 16.5 Å². The fraction of sp³-hybridized carbons (Fsp3) is 0.467. The van der Waals surface area contributed by atoms with Gasteiger partial charge in [0.15, 0.2) is 0 Å². The molecule has 1 N–H and O–H groups in total. The Balaban J connectivity index is 2.00. The van der Waals surface area contributed by atoms with Crippen LogP contribution in [0.3, 0.4) is 0 Å². The highest BCUT2D eigenvalue weighted by molar-refractivity contribution is 5.83. The first kappa shape index (κ1) is 13.1. The summed E-state index contributed by atoms with van der Waals surface area (Å²) in [6.07, 6.45) is 2.21. The van der Waals surface area contributed by atoms with Gasteiger partial charge in [-0.15, -0.1) is 0 Å². The maximum atomic E-state index is 5.14. The molecule has 0 saturated carbocycles. The van der Waals surface area contributed by atoms with Gasteiger partial charge in [-0.25, -0.2) is 0 Å². The first-order valence-corrected chi connectivity index (χ1v) is 6.45. The summed E-state index contributed by atoms with van der Waals surface area (Å²) in [4.78, 5) is 0. The molecule has 0 fully saturated rings. The van der Waals surface area contributed by atoms with Gasteiger partial charge in [-0.2, -0.15) is 0 Å². The number of benzene rings is 1. The van der Waals surface area contributed by atoms with E-state index in [1.54, 1.807) is 7.11 Å². The number of nitrogens with zero attached hydrogens (tertiary/aromatic N) is 1. The number of nitrogens with one attached hydrogen (secondary N) is 1. The van der Waals surface area contributed by atoms with Crippen LogP contribution in [0.1, 0.15) is 12.5 Å². The molecule has 0 bridgehead atoms. The van der Waals surface area contributed by atoms with Crippen molar-refractivity contribution in [2.45, 2.75) is 13.5 Å². The molecule has 0 aliphatic rings. The number of hydrogen-bond acceptors (Lipinski definition) is 2. The average molecular weight is 246 g/mol. The second-order valence-corrected chi connectivity index (χ2v) is 4.97. The van der Waals surface area contributed by atoms with Gasteiger partial charge in [-0.1, -0.05) is 25.1 Å². The topological polar surface area (TPSA) is 26.2 Å². The van der Waals surface area contributed by atoms with E-state index < -0.39 is 0 Å². The van der Waals surface area contributed by atoms with E-state index in [0.29, 0.717) is 5.92 Å². The molecule has 1 unspecified atom stereocenters. The summed E-state index contributed by atoms with van der Waals surface area (Å²) in [7, 11) is 3.85. The van der Waals surface area contributed by atoms with Gasteiger partial charge >= 0.3 is 0 Å². The molecule has 0 saturated heterocycles. The summed E-state index contributed by atoms with van der Waals surface area (Å²) >= 11 is 0. The minimum Gasteiger partial charge on any atom is -0.384 e. The van der Waals surface area contributed by atoms with E-state index in [0.717, 1.165) is 19.7 Å². The molecule has 1 aromatic carbocycles. The predicted molar refractivity (Wildman–Crippen MR) is 75.7 cm³/mol. The third-order valence-electron chi connectivity index (χ3n) is 3.24. The lowest BCUT2D eigenvalue weighted by molar-refractivity contribution is 0.158. The van der Waals surface area contributed by atoms with Crippen molar-refractivity contribution < 1.29 is 4.74 Å². The van der Waals surface area contributed by atoms with Crippen LogP contribution < -0.4 is 5.32 Å². The molecule has 0 spiro atoms. The SMILES string of the molecule is COCC(C)CNCc1cn(C)c2ccccc12. The lowest BCUT2D eigenvalue weighted by atomic mass is 10.1. The van der Waals surface area contributed by atoms with E-state index >= 15 is 0 Å². The molecule has 2 aromatic rings. The van der Waals surface area contributed by atoms with Crippen LogP contribution in [0.15, 0.2) is 30.5 Å². The first-order valence-electron chi connectivity index (χ1n) is 6.45. The summed E-state index contributed by atoms with van der Waals surface area (Å²) in [5.41, 5.74) is 2.65. The second kappa shape index (κ2) is 6.03. The van der Waals surface area contributed by atoms with Gasteiger partial charge in [-0.3, -0.25) is 0 Å². The Morgan fingerprint density at radius 3 is 2.89 bits per heavy atom. The molecule has 1 heterocycles. The van der Waals surface area contributed by atoms with Crippen LogP contribution in [-0.2, 0) is 18.3 Å². The van der Waals surface area contributed by atoms with Crippen molar-refractivity contribution >= 4 is 10.9 Å². The van der Waals surface area contributed by atoms with Gasteiger partial charge in [-0.05, 0) is 17.5 Å². The first-order chi connectivity index (χ1) is 8.72. The number of hydrogen-bond donors (Lipinski definition) is 1. The molecule has 98 valence electrons. The fourth-order valence-electron chi connectivity index (χ4n) is 2.36. The van der Waals surface area contributed by atoms with Crippen LogP contribution in [0.25, 0.3) is 10.9 Å². The molecular weight excluding hydrogens is 224 g/mol. The molecule has 0 radical (unpaired) electrons. The Morgan fingerprint density at radius 2 is 2.11 bits per heavy atom. The van der Waals surface area contributed by atoms with E-state index in [4.69, 9.17) is 4.74 Å². The van der Waals surface area contributed by atoms with Crippen molar-refractivity contribution in [2.24, 2.45) is 13.0 Å². The van der Waals surface area contributed by atoms with Crippen molar-refractivity contribution in [3.63, 3.8) is 0 Å². The van der Waals surface area contributed by atoms with Crippen LogP contribution in [0.2, 0.25) is 0 Å². The number of ether oxygens (including phenoxy) is 1. The highest BCUT2D eigenvalue weighted by atomic mass is 16.5. The molecule has 1 aromatic heterocycles. The maximum absolute atomic E-state index is 5.14. The van der Waals surface area contributed by atoms with Gasteiger partial charge < -0.3 is 14.6 Å². The molecule has 1 atom stereocenters. The Morgan fingerprint density at radius 1 is 1.33 bits per heavy atom. The van der Waals surface area contributed by atoms with Crippen molar-refractivity contribution in [1.29, 1.82) is 0 Å². The van der Waals surface area contributed by atoms with Gasteiger partial charge in [0.1, 0.15) is 0 Å². The lowest BCUT2D eigenvalue weighted by Gasteiger charge is -2.10. The summed E-state index contributed by atoms with van der Waals surface area (Å²) in [5.74, 6) is 0.546. The molecule has 0 aliphatic carbocycles. The Hall–Kier alpha value is -1.32. The molecule has 0 amide bonds. The zero-order chi connectivity index (χ0) is 13.0. The number of rotatable bonds is 6. The van der Waals surface area contributed by atoms with Crippen LogP contribution >= 0.6 is 0 Å². The van der Waals surface area contributed by atoms with Crippen molar-refractivity contribution in [3.05, 3.63) is 36.0 Å². The summed E-state index contributed by atoms with van der Waals surface area (Å²) in [6, 6.07) is 8.52. The van der Waals surface area contributed by atoms with Crippen LogP contribution in [0.4, 0.5) is 0 Å². The molecule has 2 rings (SSSR count). The van der Waals surface area contributed by atoms with Crippen LogP contribution in [-0.4, -0.2) is 24.8 Å². The van der Waals surface area contributed by atoms with E-state index in [2.05, 4.69) is 54.3 Å². The fourth-order valence-corrected chi connectivity index (χ4v) is 2.36. The monoisotopic (exact) mass is 246 g/mol. The van der Waals surface area contributed by atoms with Crippen molar-refractivity contribution in [1.82, 2.24) is 9.88 Å². The van der Waals surface area contributed by atoms with E-state index in [9.17, 15) is 0 Å². The largest absolute Gasteiger partial charge is 0.384 e. The third kappa shape index (κ3) is 2.92. The molecule has 3 nitrogen and oxygen atoms in total. The number of methoxy groups -OCH3 is 1. The van der Waals surface area contributed by atoms with Crippen molar-refractivity contribution in [3.8, 4) is 0 Å². The predicted octanol–water partition coefficient (Wildman–Crippen LogP) is 2.55. The van der Waals surface area contributed by atoms with Gasteiger partial charge in [0.05, 0.1) is 0 Å². The molecule has 18 heavy (non-hydrogen) atoms. The summed E-state index contributed by atoms with van der Waals surface area (Å²) in [5, 5.41) is 4.84. The highest BCUT2D eigenvalue weighted by Crippen LogP contribution is 2.19. The maximum Gasteiger partial charge on any atom is 0.0499 e. The van der Waals surface area contributed by atoms with E-state index in [-0.39, 0.29) is 0 Å². The number of para-hydroxylation sites is 1. The smallest absolute Gasteiger partial charge is 0.0499 e. The number of aryl methyl sites for hydroxylation is 1. The van der Waals surface area contributed by atoms with Gasteiger partial charge in [0.25, 0.3) is 0 Å². The van der Waals surface area contributed by atoms with Crippen LogP contribution in [0.5, 0.6) is 0 Å². The van der Waals surface area contributed by atoms with Gasteiger partial charge in [0, 0.05) is 51.0 Å². The number of aromatic nitrogens is 1. The third-order valence-corrected chi connectivity index (χ3v) is 3.24. The number of fused-ring (bicyclic) bond motifs is 1. The Labute approximate surface area is 109 Å². The molecular formula is C15H22N2O. The zero-order valence-electron chi connectivity index (χ0n) is 11.4. The Kier molecular flexibility index (Phi) is 4.39. The van der Waals surface area contributed by atoms with Crippen molar-refractivity contribution in [2.75, 3.05) is 20.3 Å².